The first-order valence-electron chi connectivity index (χ1n) is 10.6. The molecule has 0 spiro atoms. The number of nitrogens with one attached hydrogen (secondary N) is 2. The summed E-state index contributed by atoms with van der Waals surface area (Å²) in [6, 6.07) is 16.7. The largest absolute Gasteiger partial charge is 0.390 e. The molecular weight excluding hydrogens is 419 g/mol. The summed E-state index contributed by atoms with van der Waals surface area (Å²) in [6.07, 6.45) is 1.54. The van der Waals surface area contributed by atoms with Crippen LogP contribution in [0.25, 0.3) is 22.5 Å². The third-order valence-corrected chi connectivity index (χ3v) is 5.40. The number of nitrogens with zero attached hydrogens (tertiary/aromatic N) is 4. The number of rotatable bonds is 8. The summed E-state index contributed by atoms with van der Waals surface area (Å²) in [6.45, 7) is 1.33. The lowest BCUT2D eigenvalue weighted by molar-refractivity contribution is 0.277. The Kier molecular flexibility index (Phi) is 6.55. The maximum absolute atomic E-state index is 12.9. The molecule has 0 atom stereocenters. The number of aliphatic hydroxyl groups excluding tert-OH is 1. The number of hydrogen-bond donors (Lipinski definition) is 3. The number of aliphatic hydroxyl groups is 1. The smallest absolute Gasteiger partial charge is 0.130 e. The predicted octanol–water partition coefficient (Wildman–Crippen LogP) is 4.60. The van der Waals surface area contributed by atoms with Crippen LogP contribution in [0.1, 0.15) is 22.6 Å². The van der Waals surface area contributed by atoms with Gasteiger partial charge < -0.3 is 15.8 Å². The normalized spacial score (nSPS) is 10.9. The summed E-state index contributed by atoms with van der Waals surface area (Å²) in [5, 5.41) is 25.5. The highest BCUT2D eigenvalue weighted by Crippen LogP contribution is 2.34. The zero-order valence-electron chi connectivity index (χ0n) is 18.5. The monoisotopic (exact) mass is 444 g/mol. The molecule has 0 bridgehead atoms. The minimum atomic E-state index is -0.471. The van der Waals surface area contributed by atoms with Crippen molar-refractivity contribution in [1.29, 1.82) is 5.41 Å². The van der Waals surface area contributed by atoms with E-state index in [1.54, 1.807) is 22.9 Å². The van der Waals surface area contributed by atoms with E-state index in [1.165, 1.54) is 6.21 Å². The van der Waals surface area contributed by atoms with E-state index in [9.17, 15) is 9.50 Å². The quantitative estimate of drug-likeness (QED) is 0.345. The van der Waals surface area contributed by atoms with Crippen LogP contribution in [0.4, 0.5) is 15.9 Å². The third-order valence-electron chi connectivity index (χ3n) is 5.40. The molecule has 3 heterocycles. The Labute approximate surface area is 191 Å². The predicted molar refractivity (Wildman–Crippen MR) is 128 cm³/mol. The zero-order valence-corrected chi connectivity index (χ0v) is 18.5. The van der Waals surface area contributed by atoms with Gasteiger partial charge in [0, 0.05) is 53.4 Å². The highest BCUT2D eigenvalue weighted by molar-refractivity contribution is 5.98. The Bertz CT molecular complexity index is 1280. The van der Waals surface area contributed by atoms with Crippen molar-refractivity contribution in [2.24, 2.45) is 7.05 Å². The molecule has 1 aromatic carbocycles. The molecule has 0 fully saturated rings. The molecule has 4 rings (SSSR count). The van der Waals surface area contributed by atoms with Crippen molar-refractivity contribution < 1.29 is 9.50 Å². The second-order valence-corrected chi connectivity index (χ2v) is 7.67. The van der Waals surface area contributed by atoms with Crippen molar-refractivity contribution in [2.45, 2.75) is 20.0 Å². The lowest BCUT2D eigenvalue weighted by Gasteiger charge is -2.15. The van der Waals surface area contributed by atoms with Gasteiger partial charge in [-0.2, -0.15) is 5.10 Å². The molecule has 8 heteroatoms. The number of alkyl halides is 1. The Balaban J connectivity index is 1.90. The second kappa shape index (κ2) is 9.70. The van der Waals surface area contributed by atoms with Gasteiger partial charge in [0.25, 0.3) is 0 Å². The molecule has 3 aromatic heterocycles. The number of hydrogen-bond acceptors (Lipinski definition) is 6. The number of aryl methyl sites for hydroxylation is 3. The molecule has 0 radical (unpaired) electrons. The fourth-order valence-electron chi connectivity index (χ4n) is 3.62. The van der Waals surface area contributed by atoms with Gasteiger partial charge in [0.05, 0.1) is 30.4 Å². The van der Waals surface area contributed by atoms with Crippen molar-refractivity contribution in [3.8, 4) is 22.5 Å². The van der Waals surface area contributed by atoms with E-state index in [0.29, 0.717) is 34.2 Å². The Morgan fingerprint density at radius 2 is 1.85 bits per heavy atom. The van der Waals surface area contributed by atoms with Gasteiger partial charge in [0.15, 0.2) is 0 Å². The van der Waals surface area contributed by atoms with Gasteiger partial charge in [-0.15, -0.1) is 0 Å². The van der Waals surface area contributed by atoms with Crippen LogP contribution in [-0.2, 0) is 20.1 Å². The fraction of sp³-hybridized carbons (Fsp3) is 0.200. The average molecular weight is 445 g/mol. The molecule has 0 saturated carbocycles. The second-order valence-electron chi connectivity index (χ2n) is 7.67. The van der Waals surface area contributed by atoms with Crippen LogP contribution in [0.5, 0.6) is 0 Å². The first kappa shape index (κ1) is 22.3. The number of pyridine rings is 2. The van der Waals surface area contributed by atoms with Crippen molar-refractivity contribution in [3.63, 3.8) is 0 Å². The maximum atomic E-state index is 12.9. The molecule has 168 valence electrons. The van der Waals surface area contributed by atoms with Crippen molar-refractivity contribution in [1.82, 2.24) is 19.7 Å². The Morgan fingerprint density at radius 1 is 1.06 bits per heavy atom. The molecule has 0 saturated heterocycles. The minimum Gasteiger partial charge on any atom is -0.390 e. The van der Waals surface area contributed by atoms with Crippen LogP contribution in [0.15, 0.2) is 54.6 Å². The fourth-order valence-corrected chi connectivity index (χ4v) is 3.62. The van der Waals surface area contributed by atoms with Gasteiger partial charge in [0.2, 0.25) is 0 Å². The van der Waals surface area contributed by atoms with E-state index in [0.717, 1.165) is 22.5 Å². The van der Waals surface area contributed by atoms with Gasteiger partial charge in [-0.3, -0.25) is 14.1 Å². The van der Waals surface area contributed by atoms with Gasteiger partial charge >= 0.3 is 0 Å². The summed E-state index contributed by atoms with van der Waals surface area (Å²) in [5.41, 5.74) is 6.50. The van der Waals surface area contributed by atoms with E-state index < -0.39 is 6.67 Å². The topological polar surface area (TPSA) is 99.7 Å². The summed E-state index contributed by atoms with van der Waals surface area (Å²) in [5.74, 6) is 0.545. The zero-order chi connectivity index (χ0) is 23.4. The Morgan fingerprint density at radius 3 is 2.55 bits per heavy atom. The van der Waals surface area contributed by atoms with Crippen LogP contribution < -0.4 is 5.32 Å². The first-order chi connectivity index (χ1) is 16.0. The highest BCUT2D eigenvalue weighted by Gasteiger charge is 2.16. The molecule has 0 amide bonds. The third kappa shape index (κ3) is 4.80. The number of benzene rings is 1. The van der Waals surface area contributed by atoms with Gasteiger partial charge in [-0.25, -0.2) is 4.98 Å². The molecule has 0 unspecified atom stereocenters. The van der Waals surface area contributed by atoms with Crippen LogP contribution in [0, 0.1) is 12.3 Å². The summed E-state index contributed by atoms with van der Waals surface area (Å²) < 4.78 is 14.7. The summed E-state index contributed by atoms with van der Waals surface area (Å²) in [7, 11) is 1.87. The highest BCUT2D eigenvalue weighted by atomic mass is 19.1. The van der Waals surface area contributed by atoms with E-state index in [2.05, 4.69) is 20.4 Å². The standard InChI is InChI=1S/C25H25FN6O/c1-16-11-24(31-32(16)2)20-12-17(22-7-3-5-18(28-22)9-10-26)13-23(21(20)14-27)30-25-8-4-6-19(15-33)29-25/h3-8,11-14,27,33H,9-10,15H2,1-2H3,(H,29,30). The number of aromatic nitrogens is 4. The van der Waals surface area contributed by atoms with Crippen LogP contribution in [0.3, 0.4) is 0 Å². The molecule has 4 aromatic rings. The van der Waals surface area contributed by atoms with Gasteiger partial charge in [-0.05, 0) is 49.4 Å². The van der Waals surface area contributed by atoms with Crippen molar-refractivity contribution in [2.75, 3.05) is 12.0 Å². The number of halogens is 1. The lowest BCUT2D eigenvalue weighted by atomic mass is 9.97. The molecule has 0 aliphatic rings. The molecule has 3 N–H and O–H groups in total. The lowest BCUT2D eigenvalue weighted by Crippen LogP contribution is -2.03. The SMILES string of the molecule is Cc1cc(-c2cc(-c3cccc(CCF)n3)cc(Nc3cccc(CO)n3)c2C=N)nn1C. The van der Waals surface area contributed by atoms with Crippen LogP contribution in [0.2, 0.25) is 0 Å². The maximum Gasteiger partial charge on any atom is 0.130 e. The van der Waals surface area contributed by atoms with E-state index in [-0.39, 0.29) is 13.0 Å². The van der Waals surface area contributed by atoms with Gasteiger partial charge in [-0.1, -0.05) is 12.1 Å². The molecular formula is C25H25FN6O. The molecule has 33 heavy (non-hydrogen) atoms. The van der Waals surface area contributed by atoms with E-state index in [4.69, 9.17) is 5.41 Å². The Hall–Kier alpha value is -3.91. The van der Waals surface area contributed by atoms with Crippen molar-refractivity contribution in [3.05, 3.63) is 77.2 Å². The summed E-state index contributed by atoms with van der Waals surface area (Å²) >= 11 is 0. The van der Waals surface area contributed by atoms with Gasteiger partial charge in [0.1, 0.15) is 5.82 Å². The van der Waals surface area contributed by atoms with Crippen LogP contribution >= 0.6 is 0 Å². The molecule has 7 nitrogen and oxygen atoms in total. The minimum absolute atomic E-state index is 0.170. The molecule has 0 aliphatic heterocycles. The average Bonchev–Trinajstić information content (AvgIpc) is 3.17. The van der Waals surface area contributed by atoms with E-state index >= 15 is 0 Å². The first-order valence-corrected chi connectivity index (χ1v) is 10.6. The number of anilines is 2. The van der Waals surface area contributed by atoms with Crippen LogP contribution in [-0.4, -0.2) is 37.7 Å². The van der Waals surface area contributed by atoms with E-state index in [1.807, 2.05) is 50.4 Å². The summed E-state index contributed by atoms with van der Waals surface area (Å²) in [4.78, 5) is 9.03. The van der Waals surface area contributed by atoms with Crippen molar-refractivity contribution >= 4 is 17.7 Å². The molecule has 0 aliphatic carbocycles.